The van der Waals surface area contributed by atoms with Gasteiger partial charge < -0.3 is 11.5 Å². The number of aromatic nitrogens is 9. The van der Waals surface area contributed by atoms with Crippen LogP contribution in [-0.4, -0.2) is 50.0 Å². The molecule has 1 amide bonds. The maximum atomic E-state index is 13.2. The number of fused-ring (bicyclic) bond motifs is 2. The van der Waals surface area contributed by atoms with Crippen molar-refractivity contribution in [3.05, 3.63) is 94.2 Å². The minimum Gasteiger partial charge on any atom is -0.381 e. The fourth-order valence-corrected chi connectivity index (χ4v) is 3.95. The maximum Gasteiger partial charge on any atom is 0.270 e. The van der Waals surface area contributed by atoms with E-state index in [1.54, 1.807) is 40.1 Å². The lowest BCUT2D eigenvalue weighted by Gasteiger charge is -2.10. The zero-order valence-corrected chi connectivity index (χ0v) is 21.0. The van der Waals surface area contributed by atoms with Gasteiger partial charge in [-0.05, 0) is 24.1 Å². The molecule has 0 radical (unpaired) electrons. The van der Waals surface area contributed by atoms with Gasteiger partial charge in [0.05, 0.1) is 17.4 Å². The zero-order valence-electron chi connectivity index (χ0n) is 21.0. The Bertz CT molecular complexity index is 1940. The first-order chi connectivity index (χ1) is 18.9. The third-order valence-electron chi connectivity index (χ3n) is 5.69. The molecule has 0 aliphatic carbocycles. The number of nitrogens with two attached hydrogens (primary N) is 2. The second-order valence-corrected chi connectivity index (χ2v) is 8.32. The SMILES string of the molecule is CCc1nc2n[nH]c(C#Cc3cnn(C)c3)c2c(=O)n1-c1ccccc1.NC(=O)c1c(N)nn2cccnc12. The third kappa shape index (κ3) is 4.81. The summed E-state index contributed by atoms with van der Waals surface area (Å²) in [6.45, 7) is 1.96. The minimum absolute atomic E-state index is 0.103. The normalized spacial score (nSPS) is 10.6. The Balaban J connectivity index is 0.000000198. The van der Waals surface area contributed by atoms with Gasteiger partial charge in [-0.3, -0.25) is 23.9 Å². The van der Waals surface area contributed by atoms with Crippen LogP contribution in [-0.2, 0) is 13.5 Å². The Labute approximate surface area is 221 Å². The number of carbonyl (C=O) groups is 1. The summed E-state index contributed by atoms with van der Waals surface area (Å²) in [6, 6.07) is 11.1. The highest BCUT2D eigenvalue weighted by atomic mass is 16.1. The van der Waals surface area contributed by atoms with Crippen LogP contribution in [0.3, 0.4) is 0 Å². The van der Waals surface area contributed by atoms with E-state index in [2.05, 4.69) is 42.2 Å². The van der Waals surface area contributed by atoms with Crippen LogP contribution in [0.5, 0.6) is 0 Å². The minimum atomic E-state index is -0.619. The van der Waals surface area contributed by atoms with Crippen LogP contribution in [0.15, 0.2) is 66.0 Å². The molecule has 0 aliphatic rings. The molecule has 6 aromatic rings. The standard InChI is InChI=1S/C19H16N6O.C7H7N5O/c1-3-16-21-18-17(19(26)25(16)14-7-5-4-6-8-14)15(22-23-18)10-9-13-11-20-24(2)12-13;8-5-4(6(9)13)7-10-2-1-3-12(7)11-5/h4-8,11-12H,3H2,1-2H3,(H,22,23);1-3H,(H2,8,11)(H2,9,13). The number of hydrogen-bond donors (Lipinski definition) is 3. The molecule has 0 saturated heterocycles. The molecule has 0 aliphatic heterocycles. The summed E-state index contributed by atoms with van der Waals surface area (Å²) in [5, 5.41) is 15.3. The van der Waals surface area contributed by atoms with Gasteiger partial charge in [-0.1, -0.05) is 31.0 Å². The number of carbonyl (C=O) groups excluding carboxylic acids is 1. The van der Waals surface area contributed by atoms with Gasteiger partial charge in [-0.2, -0.15) is 10.2 Å². The van der Waals surface area contributed by atoms with Crippen molar-refractivity contribution in [1.82, 2.24) is 44.1 Å². The lowest BCUT2D eigenvalue weighted by molar-refractivity contribution is 0.100. The molecule has 194 valence electrons. The first kappa shape index (κ1) is 24.9. The van der Waals surface area contributed by atoms with Gasteiger partial charge in [0.1, 0.15) is 22.5 Å². The first-order valence-corrected chi connectivity index (χ1v) is 11.8. The number of para-hydroxylation sites is 1. The van der Waals surface area contributed by atoms with Crippen molar-refractivity contribution in [3.63, 3.8) is 0 Å². The number of benzene rings is 1. The molecule has 39 heavy (non-hydrogen) atoms. The van der Waals surface area contributed by atoms with Gasteiger partial charge in [-0.15, -0.1) is 5.10 Å². The quantitative estimate of drug-likeness (QED) is 0.291. The van der Waals surface area contributed by atoms with Crippen LogP contribution in [0.1, 0.15) is 34.4 Å². The zero-order chi connectivity index (χ0) is 27.5. The average Bonchev–Trinajstić information content (AvgIpc) is 3.63. The smallest absolute Gasteiger partial charge is 0.270 e. The molecule has 5 N–H and O–H groups in total. The molecule has 1 aromatic carbocycles. The van der Waals surface area contributed by atoms with Crippen LogP contribution in [0.25, 0.3) is 22.4 Å². The topological polar surface area (TPSA) is 181 Å². The average molecular weight is 522 g/mol. The Kier molecular flexibility index (Phi) is 6.58. The maximum absolute atomic E-state index is 13.2. The number of H-pyrrole nitrogens is 1. The summed E-state index contributed by atoms with van der Waals surface area (Å²) >= 11 is 0. The van der Waals surface area contributed by atoms with Crippen molar-refractivity contribution in [2.75, 3.05) is 5.73 Å². The van der Waals surface area contributed by atoms with Crippen LogP contribution < -0.4 is 17.0 Å². The number of nitrogen functional groups attached to an aromatic ring is 1. The summed E-state index contributed by atoms with van der Waals surface area (Å²) in [6.07, 6.45) is 7.28. The molecule has 0 bridgehead atoms. The van der Waals surface area contributed by atoms with E-state index >= 15 is 0 Å². The largest absolute Gasteiger partial charge is 0.381 e. The van der Waals surface area contributed by atoms with Gasteiger partial charge in [0, 0.05) is 32.1 Å². The summed E-state index contributed by atoms with van der Waals surface area (Å²) in [7, 11) is 1.82. The Hall–Kier alpha value is -5.77. The molecule has 0 saturated carbocycles. The first-order valence-electron chi connectivity index (χ1n) is 11.8. The number of nitrogens with one attached hydrogen (secondary N) is 1. The van der Waals surface area contributed by atoms with E-state index in [4.69, 9.17) is 11.5 Å². The Morgan fingerprint density at radius 1 is 1.15 bits per heavy atom. The second kappa shape index (κ2) is 10.3. The predicted molar refractivity (Wildman–Crippen MR) is 144 cm³/mol. The van der Waals surface area contributed by atoms with Crippen LogP contribution in [0.4, 0.5) is 5.82 Å². The summed E-state index contributed by atoms with van der Waals surface area (Å²) in [5.41, 5.74) is 13.3. The van der Waals surface area contributed by atoms with Gasteiger partial charge >= 0.3 is 0 Å². The summed E-state index contributed by atoms with van der Waals surface area (Å²) in [4.78, 5) is 32.6. The van der Waals surface area contributed by atoms with Gasteiger partial charge in [0.25, 0.3) is 11.5 Å². The van der Waals surface area contributed by atoms with Crippen LogP contribution in [0, 0.1) is 11.8 Å². The van der Waals surface area contributed by atoms with Crippen LogP contribution in [0.2, 0.25) is 0 Å². The van der Waals surface area contributed by atoms with Crippen LogP contribution >= 0.6 is 0 Å². The molecule has 6 rings (SSSR count). The lowest BCUT2D eigenvalue weighted by atomic mass is 10.2. The fourth-order valence-electron chi connectivity index (χ4n) is 3.95. The molecular formula is C26H23N11O2. The van der Waals surface area contributed by atoms with E-state index in [1.807, 2.05) is 44.3 Å². The Morgan fingerprint density at radius 3 is 2.64 bits per heavy atom. The van der Waals surface area contributed by atoms with Crippen molar-refractivity contribution in [2.45, 2.75) is 13.3 Å². The highest BCUT2D eigenvalue weighted by Crippen LogP contribution is 2.15. The van der Waals surface area contributed by atoms with Crippen molar-refractivity contribution in [1.29, 1.82) is 0 Å². The van der Waals surface area contributed by atoms with E-state index in [1.165, 1.54) is 4.52 Å². The monoisotopic (exact) mass is 521 g/mol. The molecule has 5 heterocycles. The van der Waals surface area contributed by atoms with E-state index in [-0.39, 0.29) is 16.9 Å². The molecule has 5 aromatic heterocycles. The number of rotatable bonds is 3. The number of aromatic amines is 1. The van der Waals surface area contributed by atoms with Crippen molar-refractivity contribution in [3.8, 4) is 17.5 Å². The number of amides is 1. The molecular weight excluding hydrogens is 498 g/mol. The number of nitrogens with zero attached hydrogens (tertiary/aromatic N) is 8. The van der Waals surface area contributed by atoms with Crippen molar-refractivity contribution >= 4 is 28.4 Å². The number of anilines is 1. The number of aryl methyl sites for hydroxylation is 2. The molecule has 0 fully saturated rings. The molecule has 13 heteroatoms. The second-order valence-electron chi connectivity index (χ2n) is 8.32. The molecule has 0 atom stereocenters. The van der Waals surface area contributed by atoms with Gasteiger partial charge in [0.2, 0.25) is 0 Å². The van der Waals surface area contributed by atoms with Gasteiger partial charge in [-0.25, -0.2) is 14.5 Å². The molecule has 0 unspecified atom stereocenters. The van der Waals surface area contributed by atoms with Gasteiger partial charge in [0.15, 0.2) is 17.1 Å². The third-order valence-corrected chi connectivity index (χ3v) is 5.69. The van der Waals surface area contributed by atoms with Crippen molar-refractivity contribution < 1.29 is 4.79 Å². The van der Waals surface area contributed by atoms with E-state index in [9.17, 15) is 9.59 Å². The molecule has 13 nitrogen and oxygen atoms in total. The van der Waals surface area contributed by atoms with E-state index in [0.717, 1.165) is 11.3 Å². The molecule has 0 spiro atoms. The number of hydrogen-bond acceptors (Lipinski definition) is 8. The lowest BCUT2D eigenvalue weighted by Crippen LogP contribution is -2.23. The van der Waals surface area contributed by atoms with E-state index < -0.39 is 5.91 Å². The highest BCUT2D eigenvalue weighted by Gasteiger charge is 2.17. The summed E-state index contributed by atoms with van der Waals surface area (Å²) in [5.74, 6) is 6.12. The summed E-state index contributed by atoms with van der Waals surface area (Å²) < 4.78 is 4.70. The van der Waals surface area contributed by atoms with E-state index in [0.29, 0.717) is 34.6 Å². The van der Waals surface area contributed by atoms with Crippen molar-refractivity contribution in [2.24, 2.45) is 12.8 Å². The predicted octanol–water partition coefficient (Wildman–Crippen LogP) is 1.21. The Morgan fingerprint density at radius 2 is 1.95 bits per heavy atom. The number of primary amides is 1. The highest BCUT2D eigenvalue weighted by molar-refractivity contribution is 6.03. The fraction of sp³-hybridized carbons (Fsp3) is 0.115.